The fourth-order valence-electron chi connectivity index (χ4n) is 2.26. The van der Waals surface area contributed by atoms with Gasteiger partial charge in [-0.25, -0.2) is 4.98 Å². The number of imidazole rings is 1. The smallest absolute Gasteiger partial charge is 0.131 e. The summed E-state index contributed by atoms with van der Waals surface area (Å²) in [5.41, 5.74) is 9.17. The van der Waals surface area contributed by atoms with Crippen LogP contribution in [0.25, 0.3) is 11.3 Å². The van der Waals surface area contributed by atoms with Crippen molar-refractivity contribution in [1.29, 1.82) is 0 Å². The summed E-state index contributed by atoms with van der Waals surface area (Å²) in [4.78, 5) is 4.44. The van der Waals surface area contributed by atoms with E-state index in [2.05, 4.69) is 36.1 Å². The first kappa shape index (κ1) is 13.4. The molecule has 108 valence electrons. The molecule has 0 radical (unpaired) electrons. The third-order valence-corrected chi connectivity index (χ3v) is 3.48. The van der Waals surface area contributed by atoms with Crippen molar-refractivity contribution in [1.82, 2.24) is 19.3 Å². The number of hydrogen-bond donors (Lipinski definition) is 1. The topological polar surface area (TPSA) is 61.7 Å². The Morgan fingerprint density at radius 1 is 1.19 bits per heavy atom. The average molecular weight is 281 g/mol. The second-order valence-corrected chi connectivity index (χ2v) is 5.39. The molecule has 0 spiro atoms. The number of nitrogens with two attached hydrogens (primary N) is 1. The summed E-state index contributed by atoms with van der Waals surface area (Å²) in [7, 11) is 0. The number of nitrogens with zero attached hydrogens (tertiary/aromatic N) is 4. The van der Waals surface area contributed by atoms with Crippen molar-refractivity contribution in [2.24, 2.45) is 0 Å². The Hall–Kier alpha value is -2.56. The van der Waals surface area contributed by atoms with Crippen LogP contribution in [0.5, 0.6) is 0 Å². The third-order valence-electron chi connectivity index (χ3n) is 3.48. The first-order chi connectivity index (χ1) is 10.1. The van der Waals surface area contributed by atoms with E-state index in [1.165, 1.54) is 5.56 Å². The van der Waals surface area contributed by atoms with Crippen LogP contribution in [0, 0.1) is 0 Å². The Kier molecular flexibility index (Phi) is 3.48. The molecule has 0 amide bonds. The molecule has 0 aliphatic rings. The van der Waals surface area contributed by atoms with E-state index in [-0.39, 0.29) is 0 Å². The quantitative estimate of drug-likeness (QED) is 0.799. The molecule has 2 heterocycles. The minimum atomic E-state index is 0.325. The monoisotopic (exact) mass is 281 g/mol. The van der Waals surface area contributed by atoms with Crippen LogP contribution >= 0.6 is 0 Å². The molecule has 0 atom stereocenters. The first-order valence-corrected chi connectivity index (χ1v) is 7.04. The van der Waals surface area contributed by atoms with Crippen molar-refractivity contribution >= 4 is 5.82 Å². The predicted octanol–water partition coefficient (Wildman–Crippen LogP) is 2.96. The number of nitrogen functional groups attached to an aromatic ring is 1. The van der Waals surface area contributed by atoms with E-state index in [4.69, 9.17) is 5.73 Å². The van der Waals surface area contributed by atoms with Gasteiger partial charge in [-0.05, 0) is 19.4 Å². The first-order valence-electron chi connectivity index (χ1n) is 7.04. The zero-order valence-electron chi connectivity index (χ0n) is 12.3. The van der Waals surface area contributed by atoms with Crippen LogP contribution in [-0.4, -0.2) is 19.3 Å². The lowest BCUT2D eigenvalue weighted by molar-refractivity contribution is 0.532. The average Bonchev–Trinajstić information content (AvgIpc) is 3.08. The van der Waals surface area contributed by atoms with Crippen molar-refractivity contribution in [2.75, 3.05) is 5.73 Å². The summed E-state index contributed by atoms with van der Waals surface area (Å²) in [5.74, 6) is 0.669. The molecule has 3 aromatic rings. The van der Waals surface area contributed by atoms with Gasteiger partial charge < -0.3 is 10.3 Å². The normalized spacial score (nSPS) is 11.2. The maximum Gasteiger partial charge on any atom is 0.131 e. The van der Waals surface area contributed by atoms with Gasteiger partial charge >= 0.3 is 0 Å². The molecule has 5 nitrogen and oxygen atoms in total. The van der Waals surface area contributed by atoms with Crippen LogP contribution in [0.3, 0.4) is 0 Å². The molecule has 2 N–H and O–H groups in total. The van der Waals surface area contributed by atoms with Gasteiger partial charge in [-0.3, -0.25) is 4.68 Å². The Balaban J connectivity index is 1.88. The van der Waals surface area contributed by atoms with Gasteiger partial charge in [0.1, 0.15) is 11.5 Å². The van der Waals surface area contributed by atoms with E-state index in [1.54, 1.807) is 6.33 Å². The number of aromatic nitrogens is 4. The summed E-state index contributed by atoms with van der Waals surface area (Å²) in [6.07, 6.45) is 5.58. The highest BCUT2D eigenvalue weighted by molar-refractivity contribution is 5.69. The summed E-state index contributed by atoms with van der Waals surface area (Å²) in [5, 5.41) is 4.34. The molecule has 0 aliphatic carbocycles. The maximum atomic E-state index is 6.23. The molecule has 0 fully saturated rings. The molecule has 0 saturated carbocycles. The van der Waals surface area contributed by atoms with E-state index in [0.29, 0.717) is 11.9 Å². The lowest BCUT2D eigenvalue weighted by atomic mass is 10.2. The van der Waals surface area contributed by atoms with Gasteiger partial charge in [-0.2, -0.15) is 5.10 Å². The Morgan fingerprint density at radius 2 is 1.95 bits per heavy atom. The van der Waals surface area contributed by atoms with Crippen molar-refractivity contribution < 1.29 is 0 Å². The van der Waals surface area contributed by atoms with Crippen molar-refractivity contribution in [3.63, 3.8) is 0 Å². The van der Waals surface area contributed by atoms with Crippen molar-refractivity contribution in [2.45, 2.75) is 26.4 Å². The highest BCUT2D eigenvalue weighted by Gasteiger charge is 2.12. The second kappa shape index (κ2) is 5.44. The van der Waals surface area contributed by atoms with Gasteiger partial charge in [0.15, 0.2) is 0 Å². The predicted molar refractivity (Wildman–Crippen MR) is 83.8 cm³/mol. The molecule has 3 rings (SSSR count). The maximum absolute atomic E-state index is 6.23. The van der Waals surface area contributed by atoms with E-state index < -0.39 is 0 Å². The van der Waals surface area contributed by atoms with Crippen LogP contribution in [0.1, 0.15) is 25.5 Å². The molecule has 5 heteroatoms. The summed E-state index contributed by atoms with van der Waals surface area (Å²) < 4.78 is 3.86. The third kappa shape index (κ3) is 2.67. The standard InChI is InChI=1S/C16H19N5/c1-12(2)21-10-14(8-19-21)15-16(17)20(11-18-15)9-13-6-4-3-5-7-13/h3-8,10-12H,9,17H2,1-2H3. The Labute approximate surface area is 124 Å². The van der Waals surface area contributed by atoms with E-state index in [1.807, 2.05) is 39.8 Å². The SMILES string of the molecule is CC(C)n1cc(-c2ncn(Cc3ccccc3)c2N)cn1. The van der Waals surface area contributed by atoms with Crippen LogP contribution in [-0.2, 0) is 6.54 Å². The number of anilines is 1. The zero-order valence-corrected chi connectivity index (χ0v) is 12.3. The highest BCUT2D eigenvalue weighted by atomic mass is 15.3. The van der Waals surface area contributed by atoms with Gasteiger partial charge in [0.2, 0.25) is 0 Å². The van der Waals surface area contributed by atoms with Gasteiger partial charge in [0.25, 0.3) is 0 Å². The van der Waals surface area contributed by atoms with Gasteiger partial charge in [0.05, 0.1) is 19.1 Å². The molecular formula is C16H19N5. The van der Waals surface area contributed by atoms with Gasteiger partial charge in [0, 0.05) is 17.8 Å². The second-order valence-electron chi connectivity index (χ2n) is 5.39. The van der Waals surface area contributed by atoms with E-state index >= 15 is 0 Å². The molecule has 0 bridgehead atoms. The van der Waals surface area contributed by atoms with Gasteiger partial charge in [-0.1, -0.05) is 30.3 Å². The van der Waals surface area contributed by atoms with E-state index in [9.17, 15) is 0 Å². The fraction of sp³-hybridized carbons (Fsp3) is 0.250. The summed E-state index contributed by atoms with van der Waals surface area (Å²) >= 11 is 0. The largest absolute Gasteiger partial charge is 0.383 e. The van der Waals surface area contributed by atoms with Gasteiger partial charge in [-0.15, -0.1) is 0 Å². The lowest BCUT2D eigenvalue weighted by Gasteiger charge is -2.05. The van der Waals surface area contributed by atoms with Crippen LogP contribution < -0.4 is 5.73 Å². The number of hydrogen-bond acceptors (Lipinski definition) is 3. The lowest BCUT2D eigenvalue weighted by Crippen LogP contribution is -2.03. The summed E-state index contributed by atoms with van der Waals surface area (Å²) in [6.45, 7) is 4.90. The highest BCUT2D eigenvalue weighted by Crippen LogP contribution is 2.25. The molecule has 0 aliphatic heterocycles. The fourth-order valence-corrected chi connectivity index (χ4v) is 2.26. The molecule has 21 heavy (non-hydrogen) atoms. The molecule has 1 aromatic carbocycles. The molecule has 0 saturated heterocycles. The minimum Gasteiger partial charge on any atom is -0.383 e. The van der Waals surface area contributed by atoms with Crippen molar-refractivity contribution in [3.05, 3.63) is 54.6 Å². The molecular weight excluding hydrogens is 262 g/mol. The molecule has 2 aromatic heterocycles. The number of benzene rings is 1. The van der Waals surface area contributed by atoms with Crippen LogP contribution in [0.15, 0.2) is 49.1 Å². The Morgan fingerprint density at radius 3 is 2.62 bits per heavy atom. The summed E-state index contributed by atoms with van der Waals surface area (Å²) in [6, 6.07) is 10.5. The van der Waals surface area contributed by atoms with Crippen LogP contribution in [0.4, 0.5) is 5.82 Å². The zero-order chi connectivity index (χ0) is 14.8. The van der Waals surface area contributed by atoms with Crippen LogP contribution in [0.2, 0.25) is 0 Å². The Bertz CT molecular complexity index is 724. The molecule has 0 unspecified atom stereocenters. The number of rotatable bonds is 4. The van der Waals surface area contributed by atoms with Crippen molar-refractivity contribution in [3.8, 4) is 11.3 Å². The van der Waals surface area contributed by atoms with E-state index in [0.717, 1.165) is 17.8 Å². The minimum absolute atomic E-state index is 0.325.